The smallest absolute Gasteiger partial charge is 0.0716 e. The van der Waals surface area contributed by atoms with Crippen LogP contribution in [-0.2, 0) is 0 Å². The zero-order valence-electron chi connectivity index (χ0n) is 13.7. The van der Waals surface area contributed by atoms with E-state index >= 15 is 0 Å². The molecule has 3 N–H and O–H groups in total. The molecule has 0 heterocycles. The van der Waals surface area contributed by atoms with Gasteiger partial charge >= 0.3 is 0 Å². The first kappa shape index (κ1) is 16.3. The molecule has 2 nitrogen and oxygen atoms in total. The molecule has 0 aliphatic heterocycles. The van der Waals surface area contributed by atoms with Crippen LogP contribution in [0.5, 0.6) is 0 Å². The second-order valence-electron chi connectivity index (χ2n) is 7.87. The van der Waals surface area contributed by atoms with Gasteiger partial charge in [0.2, 0.25) is 0 Å². The maximum atomic E-state index is 11.4. The maximum absolute atomic E-state index is 11.4. The van der Waals surface area contributed by atoms with Crippen molar-refractivity contribution in [3.63, 3.8) is 0 Å². The highest BCUT2D eigenvalue weighted by Gasteiger charge is 2.50. The lowest BCUT2D eigenvalue weighted by Crippen LogP contribution is -2.55. The third kappa shape index (κ3) is 3.22. The highest BCUT2D eigenvalue weighted by molar-refractivity contribution is 5.02. The first-order valence-electron chi connectivity index (χ1n) is 8.95. The van der Waals surface area contributed by atoms with Crippen LogP contribution in [0.25, 0.3) is 0 Å². The normalized spacial score (nSPS) is 35.5. The minimum atomic E-state index is -0.482. The van der Waals surface area contributed by atoms with Crippen LogP contribution in [-0.4, -0.2) is 17.3 Å². The Labute approximate surface area is 125 Å². The van der Waals surface area contributed by atoms with E-state index in [1.54, 1.807) is 0 Å². The summed E-state index contributed by atoms with van der Waals surface area (Å²) in [7, 11) is 0. The molecule has 0 spiro atoms. The van der Waals surface area contributed by atoms with Crippen LogP contribution >= 0.6 is 0 Å². The zero-order valence-corrected chi connectivity index (χ0v) is 13.7. The van der Waals surface area contributed by atoms with Crippen LogP contribution < -0.4 is 5.73 Å². The van der Waals surface area contributed by atoms with Gasteiger partial charge in [0, 0.05) is 12.0 Å². The zero-order chi connectivity index (χ0) is 14.6. The van der Waals surface area contributed by atoms with Gasteiger partial charge < -0.3 is 10.8 Å². The van der Waals surface area contributed by atoms with E-state index in [0.717, 1.165) is 37.5 Å². The van der Waals surface area contributed by atoms with E-state index in [2.05, 4.69) is 13.8 Å². The van der Waals surface area contributed by atoms with Gasteiger partial charge in [-0.2, -0.15) is 0 Å². The Bertz CT molecular complexity index is 284. The highest BCUT2D eigenvalue weighted by Crippen LogP contribution is 2.50. The molecule has 2 heteroatoms. The molecule has 2 rings (SSSR count). The summed E-state index contributed by atoms with van der Waals surface area (Å²) in [6, 6.07) is 0. The lowest BCUT2D eigenvalue weighted by molar-refractivity contribution is -0.126. The van der Waals surface area contributed by atoms with Crippen molar-refractivity contribution in [3.8, 4) is 0 Å². The Morgan fingerprint density at radius 1 is 0.950 bits per heavy atom. The summed E-state index contributed by atoms with van der Waals surface area (Å²) >= 11 is 0. The predicted octanol–water partition coefficient (Wildman–Crippen LogP) is 4.25. The standard InChI is InChI=1S/C18H35NO/c1-15(2)16-8-12-18(20,13-9-16)17(14-19)10-6-4-3-5-7-11-17/h15-16,20H,3-14,19H2,1-2H3. The van der Waals surface area contributed by atoms with Gasteiger partial charge in [-0.15, -0.1) is 0 Å². The SMILES string of the molecule is CC(C)C1CCC(O)(C2(CN)CCCCCCC2)CC1. The van der Waals surface area contributed by atoms with E-state index in [-0.39, 0.29) is 5.41 Å². The summed E-state index contributed by atoms with van der Waals surface area (Å²) in [5.41, 5.74) is 5.74. The monoisotopic (exact) mass is 281 g/mol. The van der Waals surface area contributed by atoms with E-state index in [9.17, 15) is 5.11 Å². The molecule has 2 fully saturated rings. The molecular formula is C18H35NO. The second kappa shape index (κ2) is 6.79. The molecule has 0 atom stereocenters. The number of nitrogens with two attached hydrogens (primary N) is 1. The molecular weight excluding hydrogens is 246 g/mol. The average Bonchev–Trinajstić information content (AvgIpc) is 2.39. The van der Waals surface area contributed by atoms with Gasteiger partial charge in [0.25, 0.3) is 0 Å². The van der Waals surface area contributed by atoms with Crippen LogP contribution in [0.3, 0.4) is 0 Å². The molecule has 0 unspecified atom stereocenters. The van der Waals surface area contributed by atoms with Gasteiger partial charge in [-0.3, -0.25) is 0 Å². The molecule has 0 aromatic rings. The van der Waals surface area contributed by atoms with Gasteiger partial charge in [0.1, 0.15) is 0 Å². The van der Waals surface area contributed by atoms with Crippen molar-refractivity contribution in [2.24, 2.45) is 23.0 Å². The number of rotatable bonds is 3. The Kier molecular flexibility index (Phi) is 5.53. The van der Waals surface area contributed by atoms with Gasteiger partial charge in [0.15, 0.2) is 0 Å². The second-order valence-corrected chi connectivity index (χ2v) is 7.87. The first-order chi connectivity index (χ1) is 9.53. The fourth-order valence-electron chi connectivity index (χ4n) is 4.76. The van der Waals surface area contributed by atoms with Crippen molar-refractivity contribution in [2.75, 3.05) is 6.54 Å². The Morgan fingerprint density at radius 3 is 1.90 bits per heavy atom. The highest BCUT2D eigenvalue weighted by atomic mass is 16.3. The largest absolute Gasteiger partial charge is 0.389 e. The molecule has 0 saturated heterocycles. The van der Waals surface area contributed by atoms with Gasteiger partial charge in [-0.05, 0) is 50.4 Å². The fourth-order valence-corrected chi connectivity index (χ4v) is 4.76. The van der Waals surface area contributed by atoms with Crippen LogP contribution in [0.4, 0.5) is 0 Å². The molecule has 0 amide bonds. The summed E-state index contributed by atoms with van der Waals surface area (Å²) in [6.45, 7) is 5.32. The summed E-state index contributed by atoms with van der Waals surface area (Å²) in [5, 5.41) is 11.4. The molecule has 0 aromatic heterocycles. The molecule has 2 aliphatic carbocycles. The van der Waals surface area contributed by atoms with Crippen LogP contribution in [0, 0.1) is 17.3 Å². The van der Waals surface area contributed by atoms with E-state index in [4.69, 9.17) is 5.73 Å². The van der Waals surface area contributed by atoms with Crippen molar-refractivity contribution < 1.29 is 5.11 Å². The predicted molar refractivity (Wildman–Crippen MR) is 85.6 cm³/mol. The fraction of sp³-hybridized carbons (Fsp3) is 1.00. The molecule has 0 aromatic carbocycles. The van der Waals surface area contributed by atoms with Crippen LogP contribution in [0.1, 0.15) is 84.5 Å². The van der Waals surface area contributed by atoms with Crippen molar-refractivity contribution in [3.05, 3.63) is 0 Å². The molecule has 2 aliphatic rings. The minimum absolute atomic E-state index is 0.00930. The molecule has 20 heavy (non-hydrogen) atoms. The van der Waals surface area contributed by atoms with E-state index < -0.39 is 5.60 Å². The first-order valence-corrected chi connectivity index (χ1v) is 8.95. The molecule has 2 saturated carbocycles. The van der Waals surface area contributed by atoms with Crippen molar-refractivity contribution >= 4 is 0 Å². The summed E-state index contributed by atoms with van der Waals surface area (Å²) in [5.74, 6) is 1.56. The summed E-state index contributed by atoms with van der Waals surface area (Å²) in [6.07, 6.45) is 13.2. The maximum Gasteiger partial charge on any atom is 0.0716 e. The number of aliphatic hydroxyl groups is 1. The van der Waals surface area contributed by atoms with Gasteiger partial charge in [0.05, 0.1) is 5.60 Å². The Morgan fingerprint density at radius 2 is 1.45 bits per heavy atom. The van der Waals surface area contributed by atoms with E-state index in [1.807, 2.05) is 0 Å². The third-order valence-electron chi connectivity index (χ3n) is 6.49. The van der Waals surface area contributed by atoms with Crippen LogP contribution in [0.2, 0.25) is 0 Å². The van der Waals surface area contributed by atoms with E-state index in [0.29, 0.717) is 6.54 Å². The summed E-state index contributed by atoms with van der Waals surface area (Å²) in [4.78, 5) is 0. The minimum Gasteiger partial charge on any atom is -0.389 e. The lowest BCUT2D eigenvalue weighted by atomic mass is 9.58. The van der Waals surface area contributed by atoms with E-state index in [1.165, 1.54) is 44.9 Å². The topological polar surface area (TPSA) is 46.2 Å². The van der Waals surface area contributed by atoms with Gasteiger partial charge in [-0.1, -0.05) is 46.0 Å². The third-order valence-corrected chi connectivity index (χ3v) is 6.49. The number of hydrogen-bond donors (Lipinski definition) is 2. The lowest BCUT2D eigenvalue weighted by Gasteiger charge is -2.51. The molecule has 118 valence electrons. The Hall–Kier alpha value is -0.0800. The number of hydrogen-bond acceptors (Lipinski definition) is 2. The molecule has 0 bridgehead atoms. The van der Waals surface area contributed by atoms with Crippen molar-refractivity contribution in [2.45, 2.75) is 90.1 Å². The molecule has 0 radical (unpaired) electrons. The average molecular weight is 281 g/mol. The van der Waals surface area contributed by atoms with Crippen molar-refractivity contribution in [1.29, 1.82) is 0 Å². The van der Waals surface area contributed by atoms with Gasteiger partial charge in [-0.25, -0.2) is 0 Å². The van der Waals surface area contributed by atoms with Crippen molar-refractivity contribution in [1.82, 2.24) is 0 Å². The quantitative estimate of drug-likeness (QED) is 0.812. The summed E-state index contributed by atoms with van der Waals surface area (Å²) < 4.78 is 0. The Balaban J connectivity index is 2.08. The van der Waals surface area contributed by atoms with Crippen LogP contribution in [0.15, 0.2) is 0 Å².